The molecule has 4 rings (SSSR count). The highest BCUT2D eigenvalue weighted by molar-refractivity contribution is 7.11. The zero-order valence-corrected chi connectivity index (χ0v) is 15.6. The third kappa shape index (κ3) is 3.67. The molecule has 8 heteroatoms. The Labute approximate surface area is 168 Å². The topological polar surface area (TPSA) is 110 Å². The molecular formula is C21H11N3O4S. The molecule has 0 aliphatic heterocycles. The van der Waals surface area contributed by atoms with E-state index in [0.717, 1.165) is 5.39 Å². The lowest BCUT2D eigenvalue weighted by molar-refractivity contribution is -0.384. The maximum absolute atomic E-state index is 12.3. The van der Waals surface area contributed by atoms with Crippen LogP contribution in [0.2, 0.25) is 0 Å². The molecule has 0 radical (unpaired) electrons. The van der Waals surface area contributed by atoms with Crippen LogP contribution in [0, 0.1) is 21.4 Å². The lowest BCUT2D eigenvalue weighted by atomic mass is 10.1. The lowest BCUT2D eigenvalue weighted by Crippen LogP contribution is -2.02. The predicted octanol–water partition coefficient (Wildman–Crippen LogP) is 4.89. The smallest absolute Gasteiger partial charge is 0.345 e. The van der Waals surface area contributed by atoms with Crippen molar-refractivity contribution in [1.29, 1.82) is 5.26 Å². The molecule has 0 atom stereocenters. The number of fused-ring (bicyclic) bond motifs is 1. The number of aromatic nitrogens is 1. The van der Waals surface area contributed by atoms with E-state index < -0.39 is 10.5 Å². The number of thiazole rings is 1. The van der Waals surface area contributed by atoms with Crippen molar-refractivity contribution in [3.63, 3.8) is 0 Å². The second-order valence-electron chi connectivity index (χ2n) is 6.05. The van der Waals surface area contributed by atoms with Gasteiger partial charge in [0.15, 0.2) is 0 Å². The summed E-state index contributed by atoms with van der Waals surface area (Å²) < 4.78 is 5.34. The second kappa shape index (κ2) is 7.50. The molecule has 0 saturated heterocycles. The third-order valence-electron chi connectivity index (χ3n) is 4.16. The summed E-state index contributed by atoms with van der Waals surface area (Å²) >= 11 is 1.20. The average Bonchev–Trinajstić information content (AvgIpc) is 3.21. The molecule has 7 nitrogen and oxygen atoms in total. The van der Waals surface area contributed by atoms with Crippen LogP contribution in [-0.4, -0.2) is 9.91 Å². The van der Waals surface area contributed by atoms with E-state index in [0.29, 0.717) is 27.4 Å². The maximum Gasteiger partial charge on any atom is 0.345 e. The maximum atomic E-state index is 12.3. The zero-order valence-electron chi connectivity index (χ0n) is 14.7. The van der Waals surface area contributed by atoms with Crippen molar-refractivity contribution < 1.29 is 9.34 Å². The summed E-state index contributed by atoms with van der Waals surface area (Å²) in [5.41, 5.74) is 1.37. The van der Waals surface area contributed by atoms with Crippen LogP contribution in [0.15, 0.2) is 69.2 Å². The molecule has 29 heavy (non-hydrogen) atoms. The summed E-state index contributed by atoms with van der Waals surface area (Å²) in [4.78, 5) is 27.2. The molecule has 2 aromatic carbocycles. The van der Waals surface area contributed by atoms with Gasteiger partial charge < -0.3 is 4.42 Å². The van der Waals surface area contributed by atoms with Gasteiger partial charge in [-0.25, -0.2) is 9.78 Å². The van der Waals surface area contributed by atoms with E-state index in [9.17, 15) is 20.2 Å². The van der Waals surface area contributed by atoms with Gasteiger partial charge in [0.2, 0.25) is 0 Å². The Bertz CT molecular complexity index is 1380. The number of para-hydroxylation sites is 1. The van der Waals surface area contributed by atoms with Gasteiger partial charge in [-0.1, -0.05) is 30.3 Å². The Balaban J connectivity index is 1.74. The number of hydrogen-bond acceptors (Lipinski definition) is 7. The van der Waals surface area contributed by atoms with Crippen LogP contribution in [0.3, 0.4) is 0 Å². The molecule has 0 N–H and O–H groups in total. The number of hydrogen-bond donors (Lipinski definition) is 0. The van der Waals surface area contributed by atoms with E-state index in [1.165, 1.54) is 29.5 Å². The first-order chi connectivity index (χ1) is 14.0. The molecule has 0 saturated carbocycles. The highest BCUT2D eigenvalue weighted by atomic mass is 32.1. The highest BCUT2D eigenvalue weighted by Gasteiger charge is 2.14. The fourth-order valence-electron chi connectivity index (χ4n) is 2.80. The van der Waals surface area contributed by atoms with Crippen LogP contribution < -0.4 is 5.63 Å². The van der Waals surface area contributed by atoms with Crippen molar-refractivity contribution in [1.82, 2.24) is 4.98 Å². The SMILES string of the molecule is N#C/C(=C/c1cccc([N+](=O)[O-])c1)c1nc(-c2cc3ccccc3oc2=O)cs1. The molecule has 4 aromatic rings. The molecule has 0 aliphatic rings. The molecule has 0 unspecified atom stereocenters. The minimum atomic E-state index is -0.512. The van der Waals surface area contributed by atoms with Crippen LogP contribution in [0.1, 0.15) is 10.6 Å². The predicted molar refractivity (Wildman–Crippen MR) is 110 cm³/mol. The van der Waals surface area contributed by atoms with Crippen molar-refractivity contribution in [3.8, 4) is 17.3 Å². The number of nitro benzene ring substituents is 1. The number of benzene rings is 2. The van der Waals surface area contributed by atoms with Gasteiger partial charge in [-0.15, -0.1) is 11.3 Å². The highest BCUT2D eigenvalue weighted by Crippen LogP contribution is 2.28. The standard InChI is InChI=1S/C21H11N3O4S/c22-11-15(8-13-4-3-6-16(9-13)24(26)27)20-23-18(12-29-20)17-10-14-5-1-2-7-19(14)28-21(17)25/h1-10,12H/b15-8-. The summed E-state index contributed by atoms with van der Waals surface area (Å²) in [6.45, 7) is 0. The third-order valence-corrected chi connectivity index (χ3v) is 5.04. The summed E-state index contributed by atoms with van der Waals surface area (Å²) in [6, 6.07) is 16.9. The molecular weight excluding hydrogens is 390 g/mol. The number of rotatable bonds is 4. The Morgan fingerprint density at radius 2 is 2.03 bits per heavy atom. The monoisotopic (exact) mass is 401 g/mol. The van der Waals surface area contributed by atoms with Crippen LogP contribution >= 0.6 is 11.3 Å². The molecule has 0 spiro atoms. The first kappa shape index (κ1) is 18.3. The zero-order chi connectivity index (χ0) is 20.4. The van der Waals surface area contributed by atoms with E-state index in [1.807, 2.05) is 12.1 Å². The van der Waals surface area contributed by atoms with Gasteiger partial charge in [-0.3, -0.25) is 10.1 Å². The largest absolute Gasteiger partial charge is 0.422 e. The van der Waals surface area contributed by atoms with Crippen LogP contribution in [0.4, 0.5) is 5.69 Å². The van der Waals surface area contributed by atoms with E-state index in [2.05, 4.69) is 11.1 Å². The summed E-state index contributed by atoms with van der Waals surface area (Å²) in [5.74, 6) is 0. The Morgan fingerprint density at radius 3 is 2.83 bits per heavy atom. The van der Waals surface area contributed by atoms with Gasteiger partial charge in [0.05, 0.1) is 21.8 Å². The normalized spacial score (nSPS) is 11.3. The molecule has 0 aliphatic carbocycles. The Kier molecular flexibility index (Phi) is 4.73. The van der Waals surface area contributed by atoms with E-state index >= 15 is 0 Å². The first-order valence-corrected chi connectivity index (χ1v) is 9.28. The first-order valence-electron chi connectivity index (χ1n) is 8.40. The number of nitriles is 1. The van der Waals surface area contributed by atoms with Crippen molar-refractivity contribution in [2.75, 3.05) is 0 Å². The van der Waals surface area contributed by atoms with E-state index in [4.69, 9.17) is 4.42 Å². The molecule has 2 heterocycles. The molecule has 140 valence electrons. The molecule has 0 amide bonds. The van der Waals surface area contributed by atoms with Gasteiger partial charge in [0.25, 0.3) is 5.69 Å². The van der Waals surface area contributed by atoms with Crippen LogP contribution in [-0.2, 0) is 0 Å². The average molecular weight is 401 g/mol. The Hall–Kier alpha value is -4.09. The van der Waals surface area contributed by atoms with Gasteiger partial charge in [0.1, 0.15) is 16.7 Å². The minimum Gasteiger partial charge on any atom is -0.422 e. The van der Waals surface area contributed by atoms with Crippen LogP contribution in [0.5, 0.6) is 0 Å². The Morgan fingerprint density at radius 1 is 1.21 bits per heavy atom. The number of nitrogens with zero attached hydrogens (tertiary/aromatic N) is 3. The van der Waals surface area contributed by atoms with Gasteiger partial charge in [0, 0.05) is 22.9 Å². The van der Waals surface area contributed by atoms with Crippen molar-refractivity contribution >= 4 is 39.6 Å². The molecule has 0 fully saturated rings. The van der Waals surface area contributed by atoms with Crippen LogP contribution in [0.25, 0.3) is 33.9 Å². The summed E-state index contributed by atoms with van der Waals surface area (Å²) in [7, 11) is 0. The van der Waals surface area contributed by atoms with Crippen molar-refractivity contribution in [2.45, 2.75) is 0 Å². The number of allylic oxidation sites excluding steroid dienone is 1. The second-order valence-corrected chi connectivity index (χ2v) is 6.90. The van der Waals surface area contributed by atoms with E-state index in [1.54, 1.807) is 35.7 Å². The van der Waals surface area contributed by atoms with Crippen molar-refractivity contribution in [3.05, 3.63) is 91.1 Å². The fraction of sp³-hybridized carbons (Fsp3) is 0. The number of non-ortho nitro benzene ring substituents is 1. The lowest BCUT2D eigenvalue weighted by Gasteiger charge is -1.99. The number of nitro groups is 1. The molecule has 2 aromatic heterocycles. The van der Waals surface area contributed by atoms with Gasteiger partial charge in [-0.2, -0.15) is 5.26 Å². The fourth-order valence-corrected chi connectivity index (χ4v) is 3.58. The summed E-state index contributed by atoms with van der Waals surface area (Å²) in [6.07, 6.45) is 1.53. The van der Waals surface area contributed by atoms with Gasteiger partial charge in [-0.05, 0) is 23.8 Å². The molecule has 0 bridgehead atoms. The van der Waals surface area contributed by atoms with Crippen molar-refractivity contribution in [2.24, 2.45) is 0 Å². The summed E-state index contributed by atoms with van der Waals surface area (Å²) in [5, 5.41) is 23.3. The van der Waals surface area contributed by atoms with Gasteiger partial charge >= 0.3 is 5.63 Å². The minimum absolute atomic E-state index is 0.0651. The quantitative estimate of drug-likeness (QED) is 0.208. The van der Waals surface area contributed by atoms with E-state index in [-0.39, 0.29) is 11.3 Å².